The molecule has 6 nitrogen and oxygen atoms in total. The molecule has 0 saturated carbocycles. The zero-order valence-electron chi connectivity index (χ0n) is 14.7. The predicted molar refractivity (Wildman–Crippen MR) is 96.0 cm³/mol. The molecule has 1 aliphatic heterocycles. The Hall–Kier alpha value is -1.70. The summed E-state index contributed by atoms with van der Waals surface area (Å²) in [6.07, 6.45) is 3.03. The summed E-state index contributed by atoms with van der Waals surface area (Å²) in [4.78, 5) is 0.254. The number of nitrogens with one attached hydrogen (secondary N) is 1. The van der Waals surface area contributed by atoms with Gasteiger partial charge in [-0.2, -0.15) is 5.10 Å². The summed E-state index contributed by atoms with van der Waals surface area (Å²) in [5.41, 5.74) is 1.58. The van der Waals surface area contributed by atoms with Crippen molar-refractivity contribution in [3.05, 3.63) is 47.8 Å². The van der Waals surface area contributed by atoms with E-state index in [4.69, 9.17) is 4.74 Å². The van der Waals surface area contributed by atoms with Gasteiger partial charge in [-0.05, 0) is 32.3 Å². The van der Waals surface area contributed by atoms with Crippen molar-refractivity contribution in [1.82, 2.24) is 14.5 Å². The first-order valence-electron chi connectivity index (χ1n) is 8.64. The van der Waals surface area contributed by atoms with Gasteiger partial charge in [0.15, 0.2) is 0 Å². The number of hydrogen-bond acceptors (Lipinski definition) is 4. The molecule has 0 unspecified atom stereocenters. The number of aryl methyl sites for hydroxylation is 1. The first-order valence-corrected chi connectivity index (χ1v) is 10.1. The minimum atomic E-state index is -3.60. The third-order valence-electron chi connectivity index (χ3n) is 5.08. The molecule has 1 aromatic heterocycles. The Morgan fingerprint density at radius 1 is 1.24 bits per heavy atom. The molecule has 0 amide bonds. The van der Waals surface area contributed by atoms with Crippen LogP contribution in [0, 0.1) is 6.92 Å². The number of hydrogen-bond donors (Lipinski definition) is 1. The summed E-state index contributed by atoms with van der Waals surface area (Å²) in [5.74, 6) is 0. The van der Waals surface area contributed by atoms with Crippen LogP contribution >= 0.6 is 0 Å². The number of aromatic nitrogens is 2. The molecule has 1 fully saturated rings. The highest BCUT2D eigenvalue weighted by Gasteiger charge is 2.36. The molecule has 136 valence electrons. The van der Waals surface area contributed by atoms with Crippen LogP contribution in [0.15, 0.2) is 41.4 Å². The highest BCUT2D eigenvalue weighted by molar-refractivity contribution is 7.89. The predicted octanol–water partition coefficient (Wildman–Crippen LogP) is 2.24. The van der Waals surface area contributed by atoms with Gasteiger partial charge in [0.1, 0.15) is 4.90 Å². The van der Waals surface area contributed by atoms with E-state index in [0.29, 0.717) is 32.0 Å². The van der Waals surface area contributed by atoms with Gasteiger partial charge in [-0.15, -0.1) is 0 Å². The summed E-state index contributed by atoms with van der Waals surface area (Å²) in [6, 6.07) is 10.1. The molecule has 1 saturated heterocycles. The number of sulfonamides is 1. The molecule has 0 aliphatic carbocycles. The van der Waals surface area contributed by atoms with E-state index in [1.165, 1.54) is 6.20 Å². The van der Waals surface area contributed by atoms with Gasteiger partial charge in [-0.25, -0.2) is 13.1 Å². The van der Waals surface area contributed by atoms with E-state index < -0.39 is 10.0 Å². The van der Waals surface area contributed by atoms with Crippen molar-refractivity contribution >= 4 is 10.0 Å². The van der Waals surface area contributed by atoms with Gasteiger partial charge in [0.05, 0.1) is 11.9 Å². The third-order valence-corrected chi connectivity index (χ3v) is 6.59. The Kier molecular flexibility index (Phi) is 5.27. The molecule has 2 aromatic rings. The molecule has 0 spiro atoms. The summed E-state index contributed by atoms with van der Waals surface area (Å²) in [7, 11) is -3.60. The maximum atomic E-state index is 12.8. The lowest BCUT2D eigenvalue weighted by Gasteiger charge is -2.37. The minimum Gasteiger partial charge on any atom is -0.381 e. The monoisotopic (exact) mass is 363 g/mol. The van der Waals surface area contributed by atoms with Gasteiger partial charge in [0.2, 0.25) is 10.0 Å². The van der Waals surface area contributed by atoms with Gasteiger partial charge in [0.25, 0.3) is 0 Å². The van der Waals surface area contributed by atoms with Crippen LogP contribution in [0.3, 0.4) is 0 Å². The molecule has 0 bridgehead atoms. The van der Waals surface area contributed by atoms with Crippen molar-refractivity contribution in [2.24, 2.45) is 0 Å². The van der Waals surface area contributed by atoms with Gasteiger partial charge >= 0.3 is 0 Å². The van der Waals surface area contributed by atoms with Crippen LogP contribution in [0.25, 0.3) is 0 Å². The van der Waals surface area contributed by atoms with Crippen LogP contribution in [0.1, 0.15) is 31.0 Å². The summed E-state index contributed by atoms with van der Waals surface area (Å²) in [5, 5.41) is 4.15. The van der Waals surface area contributed by atoms with Crippen LogP contribution < -0.4 is 4.72 Å². The second-order valence-corrected chi connectivity index (χ2v) is 8.23. The molecule has 1 aromatic carbocycles. The van der Waals surface area contributed by atoms with Crippen LogP contribution in [-0.4, -0.2) is 38.0 Å². The number of benzene rings is 1. The van der Waals surface area contributed by atoms with E-state index in [2.05, 4.69) is 22.0 Å². The van der Waals surface area contributed by atoms with Crippen molar-refractivity contribution in [3.8, 4) is 0 Å². The van der Waals surface area contributed by atoms with Gasteiger partial charge in [-0.3, -0.25) is 4.68 Å². The summed E-state index contributed by atoms with van der Waals surface area (Å²) >= 11 is 0. The van der Waals surface area contributed by atoms with Crippen molar-refractivity contribution in [1.29, 1.82) is 0 Å². The lowest BCUT2D eigenvalue weighted by atomic mass is 9.74. The number of rotatable bonds is 6. The van der Waals surface area contributed by atoms with E-state index in [9.17, 15) is 8.42 Å². The van der Waals surface area contributed by atoms with Crippen molar-refractivity contribution in [2.75, 3.05) is 19.8 Å². The smallest absolute Gasteiger partial charge is 0.243 e. The molecule has 1 N–H and O–H groups in total. The number of ether oxygens (including phenoxy) is 1. The lowest BCUT2D eigenvalue weighted by molar-refractivity contribution is 0.0517. The zero-order valence-corrected chi connectivity index (χ0v) is 15.6. The molecule has 1 aliphatic rings. The molecule has 25 heavy (non-hydrogen) atoms. The molecule has 7 heteroatoms. The van der Waals surface area contributed by atoms with E-state index in [0.717, 1.165) is 18.4 Å². The van der Waals surface area contributed by atoms with Crippen molar-refractivity contribution < 1.29 is 13.2 Å². The first-order chi connectivity index (χ1) is 12.0. The molecule has 0 atom stereocenters. The van der Waals surface area contributed by atoms with E-state index >= 15 is 0 Å². The quantitative estimate of drug-likeness (QED) is 0.854. The second kappa shape index (κ2) is 7.27. The highest BCUT2D eigenvalue weighted by atomic mass is 32.2. The Balaban J connectivity index is 1.84. The maximum absolute atomic E-state index is 12.8. The standard InChI is InChI=1S/C18H25N3O3S/c1-3-21-15(2)17(13-19-21)25(22,23)20-14-18(9-11-24-12-10-18)16-7-5-4-6-8-16/h4-8,13,20H,3,9-12,14H2,1-2H3. The SMILES string of the molecule is CCn1ncc(S(=O)(=O)NCC2(c3ccccc3)CCOCC2)c1C. The summed E-state index contributed by atoms with van der Waals surface area (Å²) in [6.45, 7) is 6.02. The first kappa shape index (κ1) is 18.1. The Morgan fingerprint density at radius 3 is 2.52 bits per heavy atom. The van der Waals surface area contributed by atoms with E-state index in [-0.39, 0.29) is 10.3 Å². The van der Waals surface area contributed by atoms with Crippen molar-refractivity contribution in [2.45, 2.75) is 43.5 Å². The molecular weight excluding hydrogens is 338 g/mol. The van der Waals surface area contributed by atoms with Gasteiger partial charge < -0.3 is 4.74 Å². The average molecular weight is 363 g/mol. The second-order valence-electron chi connectivity index (χ2n) is 6.49. The Labute approximate surface area is 149 Å². The average Bonchev–Trinajstić information content (AvgIpc) is 3.03. The molecule has 2 heterocycles. The fourth-order valence-corrected chi connectivity index (χ4v) is 4.75. The van der Waals surface area contributed by atoms with Gasteiger partial charge in [0, 0.05) is 31.7 Å². The van der Waals surface area contributed by atoms with E-state index in [1.54, 1.807) is 11.6 Å². The fourth-order valence-electron chi connectivity index (χ4n) is 3.44. The van der Waals surface area contributed by atoms with Gasteiger partial charge in [-0.1, -0.05) is 30.3 Å². The summed E-state index contributed by atoms with van der Waals surface area (Å²) < 4.78 is 35.6. The molecule has 0 radical (unpaired) electrons. The van der Waals surface area contributed by atoms with Crippen LogP contribution in [0.4, 0.5) is 0 Å². The van der Waals surface area contributed by atoms with Crippen LogP contribution in [0.2, 0.25) is 0 Å². The third kappa shape index (κ3) is 3.63. The highest BCUT2D eigenvalue weighted by Crippen LogP contribution is 2.34. The zero-order chi connectivity index (χ0) is 17.9. The maximum Gasteiger partial charge on any atom is 0.243 e. The lowest BCUT2D eigenvalue weighted by Crippen LogP contribution is -2.44. The van der Waals surface area contributed by atoms with E-state index in [1.807, 2.05) is 25.1 Å². The normalized spacial score (nSPS) is 17.5. The fraction of sp³-hybridized carbons (Fsp3) is 0.500. The number of nitrogens with zero attached hydrogens (tertiary/aromatic N) is 2. The van der Waals surface area contributed by atoms with Crippen LogP contribution in [0.5, 0.6) is 0 Å². The largest absolute Gasteiger partial charge is 0.381 e. The topological polar surface area (TPSA) is 73.2 Å². The molecule has 3 rings (SSSR count). The molecular formula is C18H25N3O3S. The Morgan fingerprint density at radius 2 is 1.92 bits per heavy atom. The minimum absolute atomic E-state index is 0.235. The Bertz CT molecular complexity index is 809. The van der Waals surface area contributed by atoms with Crippen molar-refractivity contribution in [3.63, 3.8) is 0 Å². The van der Waals surface area contributed by atoms with Crippen LogP contribution in [-0.2, 0) is 26.7 Å².